The van der Waals surface area contributed by atoms with Crippen molar-refractivity contribution in [2.45, 2.75) is 45.4 Å². The topological polar surface area (TPSA) is 89.4 Å². The summed E-state index contributed by atoms with van der Waals surface area (Å²) in [5, 5.41) is 3.69. The number of nitrogens with zero attached hydrogens (tertiary/aromatic N) is 4. The molecule has 8 nitrogen and oxygen atoms in total. The van der Waals surface area contributed by atoms with Crippen molar-refractivity contribution in [3.63, 3.8) is 0 Å². The van der Waals surface area contributed by atoms with Crippen molar-refractivity contribution in [3.05, 3.63) is 60.1 Å². The summed E-state index contributed by atoms with van der Waals surface area (Å²) in [6.45, 7) is 6.59. The quantitative estimate of drug-likeness (QED) is 0.583. The number of imidazole rings is 1. The highest BCUT2D eigenvalue weighted by molar-refractivity contribution is 6.30. The molecular formula is C25H28ClN5O3. The minimum Gasteiger partial charge on any atom is -0.444 e. The maximum Gasteiger partial charge on any atom is 0.410 e. The summed E-state index contributed by atoms with van der Waals surface area (Å²) in [5.41, 5.74) is 2.83. The van der Waals surface area contributed by atoms with Crippen LogP contribution in [0, 0.1) is 0 Å². The normalized spacial score (nSPS) is 15.9. The Morgan fingerprint density at radius 2 is 1.82 bits per heavy atom. The van der Waals surface area contributed by atoms with Crippen LogP contribution in [-0.4, -0.2) is 56.2 Å². The Balaban J connectivity index is 1.48. The summed E-state index contributed by atoms with van der Waals surface area (Å²) in [6, 6.07) is 11.1. The van der Waals surface area contributed by atoms with E-state index in [1.54, 1.807) is 23.6 Å². The molecule has 0 saturated carbocycles. The molecule has 0 radical (unpaired) electrons. The summed E-state index contributed by atoms with van der Waals surface area (Å²) in [5.74, 6) is -0.147. The number of rotatable bonds is 5. The molecule has 1 N–H and O–H groups in total. The van der Waals surface area contributed by atoms with Crippen LogP contribution in [0.4, 0.5) is 4.79 Å². The van der Waals surface area contributed by atoms with Crippen molar-refractivity contribution in [1.29, 1.82) is 0 Å². The first-order chi connectivity index (χ1) is 16.2. The lowest BCUT2D eigenvalue weighted by Crippen LogP contribution is -2.41. The summed E-state index contributed by atoms with van der Waals surface area (Å²) < 4.78 is 7.26. The van der Waals surface area contributed by atoms with Gasteiger partial charge >= 0.3 is 6.09 Å². The van der Waals surface area contributed by atoms with Crippen LogP contribution in [0.3, 0.4) is 0 Å². The largest absolute Gasteiger partial charge is 0.444 e. The summed E-state index contributed by atoms with van der Waals surface area (Å²) >= 11 is 6.05. The Hall–Kier alpha value is -3.39. The van der Waals surface area contributed by atoms with Gasteiger partial charge in [0.2, 0.25) is 5.91 Å². The van der Waals surface area contributed by atoms with Crippen LogP contribution < -0.4 is 5.32 Å². The number of likely N-dealkylation sites (tertiary alicyclic amines) is 1. The molecule has 0 bridgehead atoms. The Bertz CT molecular complexity index is 1160. The number of halogens is 1. The van der Waals surface area contributed by atoms with Crippen molar-refractivity contribution in [3.8, 4) is 22.5 Å². The first kappa shape index (κ1) is 23.8. The van der Waals surface area contributed by atoms with Gasteiger partial charge in [0.1, 0.15) is 12.1 Å². The fraction of sp³-hybridized carbons (Fsp3) is 0.360. The molecule has 1 saturated heterocycles. The maximum absolute atomic E-state index is 12.9. The van der Waals surface area contributed by atoms with E-state index in [1.165, 1.54) is 0 Å². The molecule has 178 valence electrons. The second-order valence-corrected chi connectivity index (χ2v) is 9.73. The Morgan fingerprint density at radius 1 is 1.12 bits per heavy atom. The highest BCUT2D eigenvalue weighted by Gasteiger charge is 2.30. The smallest absolute Gasteiger partial charge is 0.410 e. The minimum atomic E-state index is -0.551. The Labute approximate surface area is 203 Å². The molecule has 1 aliphatic heterocycles. The Kier molecular flexibility index (Phi) is 6.88. The van der Waals surface area contributed by atoms with Gasteiger partial charge in [-0.25, -0.2) is 9.78 Å². The number of benzene rings is 1. The molecule has 2 aromatic heterocycles. The molecule has 1 atom stereocenters. The molecule has 1 aliphatic rings. The maximum atomic E-state index is 12.9. The number of ether oxygens (including phenoxy) is 1. The zero-order chi connectivity index (χ0) is 24.3. The van der Waals surface area contributed by atoms with Gasteiger partial charge in [-0.2, -0.15) is 0 Å². The second-order valence-electron chi connectivity index (χ2n) is 9.29. The summed E-state index contributed by atoms with van der Waals surface area (Å²) in [4.78, 5) is 35.6. The van der Waals surface area contributed by atoms with E-state index in [0.29, 0.717) is 24.5 Å². The van der Waals surface area contributed by atoms with E-state index in [0.717, 1.165) is 22.5 Å². The molecule has 34 heavy (non-hydrogen) atoms. The molecule has 1 fully saturated rings. The van der Waals surface area contributed by atoms with Crippen molar-refractivity contribution in [2.75, 3.05) is 13.1 Å². The van der Waals surface area contributed by atoms with E-state index in [9.17, 15) is 9.59 Å². The first-order valence-corrected chi connectivity index (χ1v) is 11.6. The highest BCUT2D eigenvalue weighted by atomic mass is 35.5. The van der Waals surface area contributed by atoms with E-state index in [2.05, 4.69) is 15.3 Å². The SMILES string of the molecule is CC(C)(C)OC(=O)N1CC[C@H](NC(=O)Cn2cnc(-c3ccc(Cl)cc3)c2-c2ccncc2)C1. The average molecular weight is 482 g/mol. The van der Waals surface area contributed by atoms with Gasteiger partial charge in [0.25, 0.3) is 0 Å². The van der Waals surface area contributed by atoms with Gasteiger partial charge in [0.15, 0.2) is 0 Å². The zero-order valence-corrected chi connectivity index (χ0v) is 20.2. The average Bonchev–Trinajstić information content (AvgIpc) is 3.41. The molecule has 9 heteroatoms. The molecular weight excluding hydrogens is 454 g/mol. The lowest BCUT2D eigenvalue weighted by molar-refractivity contribution is -0.122. The van der Waals surface area contributed by atoms with Crippen LogP contribution in [0.2, 0.25) is 5.02 Å². The van der Waals surface area contributed by atoms with Gasteiger partial charge in [-0.3, -0.25) is 9.78 Å². The van der Waals surface area contributed by atoms with Crippen LogP contribution in [0.1, 0.15) is 27.2 Å². The van der Waals surface area contributed by atoms with Gasteiger partial charge in [-0.05, 0) is 51.5 Å². The number of carbonyl (C=O) groups excluding carboxylic acids is 2. The first-order valence-electron chi connectivity index (χ1n) is 11.2. The monoisotopic (exact) mass is 481 g/mol. The van der Waals surface area contributed by atoms with Crippen molar-refractivity contribution < 1.29 is 14.3 Å². The van der Waals surface area contributed by atoms with Crippen molar-refractivity contribution in [2.24, 2.45) is 0 Å². The van der Waals surface area contributed by atoms with E-state index >= 15 is 0 Å². The van der Waals surface area contributed by atoms with E-state index in [1.807, 2.05) is 61.7 Å². The van der Waals surface area contributed by atoms with E-state index < -0.39 is 5.60 Å². The molecule has 0 unspecified atom stereocenters. The molecule has 1 aromatic carbocycles. The number of amides is 2. The van der Waals surface area contributed by atoms with E-state index in [-0.39, 0.29) is 24.6 Å². The third-order valence-electron chi connectivity index (χ3n) is 5.43. The predicted octanol–water partition coefficient (Wildman–Crippen LogP) is 4.39. The number of aromatic nitrogens is 3. The fourth-order valence-corrected chi connectivity index (χ4v) is 4.06. The number of hydrogen-bond acceptors (Lipinski definition) is 5. The third kappa shape index (κ3) is 5.75. The van der Waals surface area contributed by atoms with E-state index in [4.69, 9.17) is 16.3 Å². The van der Waals surface area contributed by atoms with Gasteiger partial charge < -0.3 is 19.5 Å². The second kappa shape index (κ2) is 9.85. The summed E-state index contributed by atoms with van der Waals surface area (Å²) in [6.07, 6.45) is 5.42. The summed E-state index contributed by atoms with van der Waals surface area (Å²) in [7, 11) is 0. The van der Waals surface area contributed by atoms with Crippen LogP contribution in [0.15, 0.2) is 55.1 Å². The lowest BCUT2D eigenvalue weighted by Gasteiger charge is -2.24. The predicted molar refractivity (Wildman–Crippen MR) is 130 cm³/mol. The number of hydrogen-bond donors (Lipinski definition) is 1. The number of carbonyl (C=O) groups is 2. The van der Waals surface area contributed by atoms with Crippen LogP contribution in [0.25, 0.3) is 22.5 Å². The molecule has 0 spiro atoms. The molecule has 3 heterocycles. The lowest BCUT2D eigenvalue weighted by atomic mass is 10.1. The molecule has 0 aliphatic carbocycles. The number of nitrogens with one attached hydrogen (secondary N) is 1. The van der Waals surface area contributed by atoms with Gasteiger partial charge in [0, 0.05) is 47.7 Å². The molecule has 4 rings (SSSR count). The van der Waals surface area contributed by atoms with Crippen molar-refractivity contribution >= 4 is 23.6 Å². The van der Waals surface area contributed by atoms with Crippen LogP contribution in [0.5, 0.6) is 0 Å². The Morgan fingerprint density at radius 3 is 2.50 bits per heavy atom. The van der Waals surface area contributed by atoms with Crippen molar-refractivity contribution in [1.82, 2.24) is 24.8 Å². The molecule has 3 aromatic rings. The van der Waals surface area contributed by atoms with Gasteiger partial charge in [-0.1, -0.05) is 23.7 Å². The van der Waals surface area contributed by atoms with Gasteiger partial charge in [-0.15, -0.1) is 0 Å². The van der Waals surface area contributed by atoms with Gasteiger partial charge in [0.05, 0.1) is 17.7 Å². The zero-order valence-electron chi connectivity index (χ0n) is 19.5. The minimum absolute atomic E-state index is 0.0984. The van der Waals surface area contributed by atoms with Crippen LogP contribution >= 0.6 is 11.6 Å². The third-order valence-corrected chi connectivity index (χ3v) is 5.68. The number of pyridine rings is 1. The fourth-order valence-electron chi connectivity index (χ4n) is 3.93. The standard InChI is InChI=1S/C25H28ClN5O3/c1-25(2,3)34-24(33)30-13-10-20(14-30)29-21(32)15-31-16-28-22(17-4-6-19(26)7-5-17)23(31)18-8-11-27-12-9-18/h4-9,11-12,16,20H,10,13-15H2,1-3H3,(H,29,32)/t20-/m0/s1. The highest BCUT2D eigenvalue weighted by Crippen LogP contribution is 2.31. The van der Waals surface area contributed by atoms with Crippen LogP contribution in [-0.2, 0) is 16.1 Å². The molecule has 2 amide bonds.